The van der Waals surface area contributed by atoms with Crippen LogP contribution in [-0.2, 0) is 20.2 Å². The van der Waals surface area contributed by atoms with Crippen molar-refractivity contribution >= 4 is 20.2 Å². The van der Waals surface area contributed by atoms with E-state index in [1.165, 1.54) is 0 Å². The van der Waals surface area contributed by atoms with Crippen LogP contribution in [0.25, 0.3) is 0 Å². The van der Waals surface area contributed by atoms with E-state index < -0.39 is 40.9 Å². The molecule has 0 heterocycles. The van der Waals surface area contributed by atoms with Crippen LogP contribution in [0.4, 0.5) is 0 Å². The Morgan fingerprint density at radius 2 is 1.06 bits per heavy atom. The second-order valence-electron chi connectivity index (χ2n) is 2.54. The summed E-state index contributed by atoms with van der Waals surface area (Å²) in [5, 5.41) is 34.0. The molecule has 0 amide bonds. The topological polar surface area (TPSA) is 144 Å². The van der Waals surface area contributed by atoms with Gasteiger partial charge in [0.25, 0.3) is 0 Å². The third-order valence-corrected chi connectivity index (χ3v) is 1.34. The molecule has 0 rings (SSSR count). The molecule has 88 valence electrons. The first-order valence-corrected chi connectivity index (χ1v) is 5.68. The molecule has 0 aromatic heterocycles. The van der Waals surface area contributed by atoms with Crippen LogP contribution in [0.15, 0.2) is 0 Å². The molecule has 16 heavy (non-hydrogen) atoms. The predicted molar refractivity (Wildman–Crippen MR) is 47.8 cm³/mol. The summed E-state index contributed by atoms with van der Waals surface area (Å²) in [7, 11) is -4.33. The van der Waals surface area contributed by atoms with Crippen molar-refractivity contribution in [2.75, 3.05) is 26.4 Å². The van der Waals surface area contributed by atoms with Gasteiger partial charge in [-0.2, -0.15) is 0 Å². The fraction of sp³-hybridized carbons (Fsp3) is 1.00. The second-order valence-corrected chi connectivity index (χ2v) is 4.58. The van der Waals surface area contributed by atoms with E-state index in [9.17, 15) is 0 Å². The van der Waals surface area contributed by atoms with E-state index in [1.54, 1.807) is 0 Å². The van der Waals surface area contributed by atoms with Gasteiger partial charge in [-0.15, -0.1) is 9.05 Å². The number of hydrogen-bond acceptors (Lipinski definition) is 8. The monoisotopic (exact) mass is 294 g/mol. The number of aliphatic hydroxyl groups is 4. The van der Waals surface area contributed by atoms with Gasteiger partial charge in [-0.1, -0.05) is 0 Å². The molecule has 0 saturated heterocycles. The first-order chi connectivity index (χ1) is 6.24. The van der Waals surface area contributed by atoms with Gasteiger partial charge in [0.2, 0.25) is 0 Å². The van der Waals surface area contributed by atoms with Gasteiger partial charge in [0, 0.05) is 0 Å². The van der Waals surface area contributed by atoms with Crippen LogP contribution in [0.2, 0.25) is 0 Å². The third kappa shape index (κ3) is 18.5. The summed E-state index contributed by atoms with van der Waals surface area (Å²) in [6.07, 6.45) is 0. The SMILES string of the molecule is O=S([O-])([O-])=S.OCC(CO)(CO)CO.[Na+].[Na+]. The normalized spacial score (nSPS) is 10.4. The van der Waals surface area contributed by atoms with Crippen LogP contribution in [-0.4, -0.2) is 60.2 Å². The predicted octanol–water partition coefficient (Wildman–Crippen LogP) is -9.06. The second kappa shape index (κ2) is 13.6. The molecule has 4 N–H and O–H groups in total. The number of rotatable bonds is 4. The van der Waals surface area contributed by atoms with Crippen molar-refractivity contribution in [2.45, 2.75) is 0 Å². The first-order valence-electron chi connectivity index (χ1n) is 3.35. The Bertz CT molecular complexity index is 203. The maximum Gasteiger partial charge on any atom is 1.00 e. The molecule has 0 saturated carbocycles. The fourth-order valence-corrected chi connectivity index (χ4v) is 0.300. The summed E-state index contributed by atoms with van der Waals surface area (Å²) in [5.74, 6) is 0. The average molecular weight is 294 g/mol. The molecule has 0 aromatic carbocycles. The van der Waals surface area contributed by atoms with Crippen LogP contribution in [0.5, 0.6) is 0 Å². The first kappa shape index (κ1) is 26.6. The zero-order valence-electron chi connectivity index (χ0n) is 9.16. The molecule has 0 aliphatic rings. The van der Waals surface area contributed by atoms with Gasteiger partial charge < -0.3 is 29.5 Å². The molecule has 0 aliphatic heterocycles. The fourth-order valence-electron chi connectivity index (χ4n) is 0.300. The minimum Gasteiger partial charge on any atom is -0.780 e. The van der Waals surface area contributed by atoms with Crippen LogP contribution in [0.3, 0.4) is 0 Å². The number of hydrogen-bond donors (Lipinski definition) is 4. The minimum atomic E-state index is -4.33. The summed E-state index contributed by atoms with van der Waals surface area (Å²) in [6, 6.07) is 0. The van der Waals surface area contributed by atoms with Gasteiger partial charge >= 0.3 is 59.1 Å². The van der Waals surface area contributed by atoms with Crippen LogP contribution in [0, 0.1) is 5.41 Å². The third-order valence-electron chi connectivity index (χ3n) is 1.34. The van der Waals surface area contributed by atoms with Crippen molar-refractivity contribution in [3.8, 4) is 0 Å². The molecule has 0 bridgehead atoms. The van der Waals surface area contributed by atoms with Crippen molar-refractivity contribution in [3.05, 3.63) is 0 Å². The van der Waals surface area contributed by atoms with Crippen molar-refractivity contribution in [2.24, 2.45) is 5.41 Å². The zero-order chi connectivity index (χ0) is 11.8. The van der Waals surface area contributed by atoms with Crippen molar-refractivity contribution in [1.29, 1.82) is 0 Å². The van der Waals surface area contributed by atoms with Gasteiger partial charge in [-0.25, -0.2) is 0 Å². The van der Waals surface area contributed by atoms with E-state index in [0.717, 1.165) is 0 Å². The molecule has 0 aliphatic carbocycles. The van der Waals surface area contributed by atoms with Gasteiger partial charge in [-0.3, -0.25) is 4.21 Å². The van der Waals surface area contributed by atoms with E-state index >= 15 is 0 Å². The van der Waals surface area contributed by atoms with E-state index in [1.807, 2.05) is 0 Å². The molecular formula is C5H12Na2O7S2. The largest absolute Gasteiger partial charge is 1.00 e. The molecule has 0 fully saturated rings. The van der Waals surface area contributed by atoms with E-state index in [4.69, 9.17) is 33.7 Å². The van der Waals surface area contributed by atoms with E-state index in [-0.39, 0.29) is 59.1 Å². The van der Waals surface area contributed by atoms with Gasteiger partial charge in [0.05, 0.1) is 31.8 Å². The van der Waals surface area contributed by atoms with Gasteiger partial charge in [0.1, 0.15) is 0 Å². The van der Waals surface area contributed by atoms with E-state index in [2.05, 4.69) is 11.2 Å². The Balaban J connectivity index is -0.0000000904. The van der Waals surface area contributed by atoms with Crippen molar-refractivity contribution < 1.29 is 92.9 Å². The minimum absolute atomic E-state index is 0. The quantitative estimate of drug-likeness (QED) is 0.374. The summed E-state index contributed by atoms with van der Waals surface area (Å²) in [4.78, 5) is 0. The van der Waals surface area contributed by atoms with Crippen LogP contribution < -0.4 is 59.1 Å². The molecular weight excluding hydrogens is 282 g/mol. The Hall–Kier alpha value is 2.13. The smallest absolute Gasteiger partial charge is 0.780 e. The molecule has 0 spiro atoms. The Morgan fingerprint density at radius 3 is 1.06 bits per heavy atom. The number of aliphatic hydroxyl groups excluding tert-OH is 4. The summed E-state index contributed by atoms with van der Waals surface area (Å²) >= 11 is 3.24. The molecule has 0 aromatic rings. The van der Waals surface area contributed by atoms with Crippen molar-refractivity contribution in [3.63, 3.8) is 0 Å². The zero-order valence-corrected chi connectivity index (χ0v) is 14.8. The average Bonchev–Trinajstić information content (AvgIpc) is 2.07. The van der Waals surface area contributed by atoms with Crippen LogP contribution >= 0.6 is 0 Å². The molecule has 11 heteroatoms. The van der Waals surface area contributed by atoms with Crippen LogP contribution in [0.1, 0.15) is 0 Å². The van der Waals surface area contributed by atoms with Gasteiger partial charge in [-0.05, 0) is 11.2 Å². The summed E-state index contributed by atoms with van der Waals surface area (Å²) in [6.45, 7) is -1.62. The Labute approximate surface area is 143 Å². The Kier molecular flexibility index (Phi) is 22.6. The molecule has 0 unspecified atom stereocenters. The molecule has 0 radical (unpaired) electrons. The Morgan fingerprint density at radius 1 is 0.938 bits per heavy atom. The van der Waals surface area contributed by atoms with Gasteiger partial charge in [0.15, 0.2) is 0 Å². The van der Waals surface area contributed by atoms with E-state index in [0.29, 0.717) is 0 Å². The summed E-state index contributed by atoms with van der Waals surface area (Å²) < 4.78 is 26.7. The van der Waals surface area contributed by atoms with Crippen molar-refractivity contribution in [1.82, 2.24) is 0 Å². The molecule has 7 nitrogen and oxygen atoms in total. The standard InChI is InChI=1S/C5H12O4.2Na.H2O3S2/c6-1-5(2-7,3-8)4-9;;;1-5(2,3)4/h6-9H,1-4H2;;;(H2,1,2,3,4)/q;2*+1;/p-2. The summed E-state index contributed by atoms with van der Waals surface area (Å²) in [5.41, 5.74) is -1.11. The maximum absolute atomic E-state index is 8.89. The molecule has 0 atom stereocenters. The maximum atomic E-state index is 8.89.